The van der Waals surface area contributed by atoms with Crippen molar-refractivity contribution in [3.63, 3.8) is 0 Å². The predicted molar refractivity (Wildman–Crippen MR) is 97.0 cm³/mol. The highest BCUT2D eigenvalue weighted by molar-refractivity contribution is 7.10. The molecule has 0 radical (unpaired) electrons. The smallest absolute Gasteiger partial charge is 0.323 e. The molecule has 0 amide bonds. The van der Waals surface area contributed by atoms with Gasteiger partial charge in [0.05, 0.1) is 19.1 Å². The number of methoxy groups -OCH3 is 2. The Balaban J connectivity index is 1.77. The zero-order chi connectivity index (χ0) is 18.6. The molecule has 1 atom stereocenters. The van der Waals surface area contributed by atoms with Crippen molar-refractivity contribution < 1.29 is 23.8 Å². The summed E-state index contributed by atoms with van der Waals surface area (Å²) >= 11 is 1.57. The van der Waals surface area contributed by atoms with Crippen LogP contribution in [-0.2, 0) is 19.1 Å². The van der Waals surface area contributed by atoms with Crippen LogP contribution < -0.4 is 4.74 Å². The first-order valence-electron chi connectivity index (χ1n) is 8.04. The third-order valence-corrected chi connectivity index (χ3v) is 5.17. The molecular weight excluding hydrogens is 352 g/mol. The number of hydrogen-bond acceptors (Lipinski definition) is 6. The Morgan fingerprint density at radius 2 is 1.88 bits per heavy atom. The molecule has 1 aromatic carbocycles. The molecule has 26 heavy (non-hydrogen) atoms. The summed E-state index contributed by atoms with van der Waals surface area (Å²) in [7, 11) is 2.54. The molecule has 134 valence electrons. The lowest BCUT2D eigenvalue weighted by Crippen LogP contribution is -2.30. The molecule has 0 bridgehead atoms. The van der Waals surface area contributed by atoms with E-state index < -0.39 is 17.4 Å². The van der Waals surface area contributed by atoms with Crippen molar-refractivity contribution in [3.8, 4) is 17.6 Å². The van der Waals surface area contributed by atoms with Gasteiger partial charge in [-0.3, -0.25) is 9.59 Å². The van der Waals surface area contributed by atoms with Gasteiger partial charge in [-0.25, -0.2) is 0 Å². The number of hydrogen-bond donors (Lipinski definition) is 0. The van der Waals surface area contributed by atoms with Gasteiger partial charge in [-0.05, 0) is 29.5 Å². The molecule has 6 heteroatoms. The van der Waals surface area contributed by atoms with Crippen LogP contribution >= 0.6 is 11.3 Å². The van der Waals surface area contributed by atoms with Crippen molar-refractivity contribution in [1.29, 1.82) is 0 Å². The molecule has 1 fully saturated rings. The average Bonchev–Trinajstić information content (AvgIpc) is 3.22. The van der Waals surface area contributed by atoms with E-state index in [1.807, 2.05) is 35.7 Å². The highest BCUT2D eigenvalue weighted by Gasteiger charge is 2.69. The highest BCUT2D eigenvalue weighted by atomic mass is 32.1. The fourth-order valence-electron chi connectivity index (χ4n) is 3.02. The molecule has 0 saturated heterocycles. The molecule has 5 nitrogen and oxygen atoms in total. The summed E-state index contributed by atoms with van der Waals surface area (Å²) in [4.78, 5) is 25.4. The number of carbonyl (C=O) groups is 2. The van der Waals surface area contributed by atoms with E-state index in [-0.39, 0.29) is 12.5 Å². The molecule has 0 aliphatic heterocycles. The van der Waals surface area contributed by atoms with Crippen LogP contribution in [0.1, 0.15) is 22.8 Å². The zero-order valence-electron chi connectivity index (χ0n) is 14.5. The number of thiophene rings is 1. The first-order chi connectivity index (χ1) is 12.6. The Kier molecular flexibility index (Phi) is 5.29. The van der Waals surface area contributed by atoms with Crippen LogP contribution in [0.2, 0.25) is 0 Å². The summed E-state index contributed by atoms with van der Waals surface area (Å²) in [6, 6.07) is 11.2. The number of carbonyl (C=O) groups excluding carboxylic acids is 2. The molecule has 1 aliphatic rings. The van der Waals surface area contributed by atoms with E-state index in [4.69, 9.17) is 14.2 Å². The standard InChI is InChI=1S/C20H18O5S/c1-23-18(21)20(19(22)24-2)13-16(20)15-9-3-4-10-17(15)25-11-5-7-14-8-6-12-26-14/h3-4,6,8-10,12,16H,11,13H2,1-2H3. The van der Waals surface area contributed by atoms with E-state index >= 15 is 0 Å². The molecule has 1 heterocycles. The summed E-state index contributed by atoms with van der Waals surface area (Å²) < 4.78 is 15.4. The van der Waals surface area contributed by atoms with Crippen LogP contribution in [0.25, 0.3) is 0 Å². The van der Waals surface area contributed by atoms with Gasteiger partial charge in [0.2, 0.25) is 0 Å². The molecule has 1 saturated carbocycles. The Labute approximate surface area is 155 Å². The third-order valence-electron chi connectivity index (χ3n) is 4.39. The summed E-state index contributed by atoms with van der Waals surface area (Å²) in [6.45, 7) is 0.213. The Morgan fingerprint density at radius 3 is 2.54 bits per heavy atom. The quantitative estimate of drug-likeness (QED) is 0.460. The van der Waals surface area contributed by atoms with Crippen molar-refractivity contribution >= 4 is 23.3 Å². The zero-order valence-corrected chi connectivity index (χ0v) is 15.3. The number of para-hydroxylation sites is 1. The molecule has 0 N–H and O–H groups in total. The van der Waals surface area contributed by atoms with E-state index in [0.29, 0.717) is 12.2 Å². The van der Waals surface area contributed by atoms with E-state index in [1.54, 1.807) is 17.4 Å². The van der Waals surface area contributed by atoms with Crippen molar-refractivity contribution in [2.75, 3.05) is 20.8 Å². The van der Waals surface area contributed by atoms with Gasteiger partial charge in [0.1, 0.15) is 12.4 Å². The Morgan fingerprint density at radius 1 is 1.15 bits per heavy atom. The largest absolute Gasteiger partial charge is 0.481 e. The Hall–Kier alpha value is -2.78. The van der Waals surface area contributed by atoms with Crippen molar-refractivity contribution in [3.05, 3.63) is 52.2 Å². The van der Waals surface area contributed by atoms with Gasteiger partial charge < -0.3 is 14.2 Å². The molecule has 2 aromatic rings. The third kappa shape index (κ3) is 3.31. The van der Waals surface area contributed by atoms with Crippen LogP contribution in [0.15, 0.2) is 41.8 Å². The van der Waals surface area contributed by atoms with Crippen molar-refractivity contribution in [2.45, 2.75) is 12.3 Å². The topological polar surface area (TPSA) is 61.8 Å². The summed E-state index contributed by atoms with van der Waals surface area (Å²) in [6.07, 6.45) is 0.341. The molecular formula is C20H18O5S. The van der Waals surface area contributed by atoms with Crippen LogP contribution in [0, 0.1) is 17.3 Å². The van der Waals surface area contributed by atoms with Crippen molar-refractivity contribution in [2.24, 2.45) is 5.41 Å². The average molecular weight is 370 g/mol. The lowest BCUT2D eigenvalue weighted by atomic mass is 9.98. The van der Waals surface area contributed by atoms with Gasteiger partial charge >= 0.3 is 11.9 Å². The molecule has 1 aromatic heterocycles. The van der Waals surface area contributed by atoms with E-state index in [1.165, 1.54) is 14.2 Å². The molecule has 0 spiro atoms. The number of benzene rings is 1. The minimum absolute atomic E-state index is 0.213. The second kappa shape index (κ2) is 7.63. The van der Waals surface area contributed by atoms with Gasteiger partial charge in [-0.1, -0.05) is 36.1 Å². The van der Waals surface area contributed by atoms with Gasteiger partial charge in [0, 0.05) is 5.92 Å². The lowest BCUT2D eigenvalue weighted by molar-refractivity contribution is -0.161. The predicted octanol–water partition coefficient (Wildman–Crippen LogP) is 3.00. The van der Waals surface area contributed by atoms with Gasteiger partial charge in [-0.2, -0.15) is 0 Å². The van der Waals surface area contributed by atoms with Gasteiger partial charge in [0.25, 0.3) is 0 Å². The lowest BCUT2D eigenvalue weighted by Gasteiger charge is -2.14. The fraction of sp³-hybridized carbons (Fsp3) is 0.300. The second-order valence-electron chi connectivity index (χ2n) is 5.82. The van der Waals surface area contributed by atoms with E-state index in [9.17, 15) is 9.59 Å². The van der Waals surface area contributed by atoms with Crippen LogP contribution in [-0.4, -0.2) is 32.8 Å². The minimum atomic E-state index is -1.29. The summed E-state index contributed by atoms with van der Waals surface area (Å²) in [5.74, 6) is 5.10. The monoisotopic (exact) mass is 370 g/mol. The molecule has 1 unspecified atom stereocenters. The fourth-order valence-corrected chi connectivity index (χ4v) is 3.62. The van der Waals surface area contributed by atoms with Crippen LogP contribution in [0.4, 0.5) is 0 Å². The number of rotatable bonds is 5. The van der Waals surface area contributed by atoms with Crippen molar-refractivity contribution in [1.82, 2.24) is 0 Å². The summed E-state index contributed by atoms with van der Waals surface area (Å²) in [5, 5.41) is 1.96. The van der Waals surface area contributed by atoms with Gasteiger partial charge in [0.15, 0.2) is 5.41 Å². The van der Waals surface area contributed by atoms with Crippen LogP contribution in [0.5, 0.6) is 5.75 Å². The normalized spacial score (nSPS) is 16.8. The van der Waals surface area contributed by atoms with Gasteiger partial charge in [-0.15, -0.1) is 11.3 Å². The minimum Gasteiger partial charge on any atom is -0.481 e. The highest BCUT2D eigenvalue weighted by Crippen LogP contribution is 2.62. The number of esters is 2. The molecule has 1 aliphatic carbocycles. The van der Waals surface area contributed by atoms with Crippen LogP contribution in [0.3, 0.4) is 0 Å². The number of ether oxygens (including phenoxy) is 3. The summed E-state index contributed by atoms with van der Waals surface area (Å²) in [5.41, 5.74) is -0.507. The maximum absolute atomic E-state index is 12.2. The first kappa shape index (κ1) is 18.0. The van der Waals surface area contributed by atoms with E-state index in [0.717, 1.165) is 10.4 Å². The van der Waals surface area contributed by atoms with E-state index in [2.05, 4.69) is 11.8 Å². The first-order valence-corrected chi connectivity index (χ1v) is 8.92. The Bertz CT molecular complexity index is 844. The SMILES string of the molecule is COC(=O)C1(C(=O)OC)CC1c1ccccc1OCC#Cc1cccs1. The second-order valence-corrected chi connectivity index (χ2v) is 6.76. The maximum Gasteiger partial charge on any atom is 0.323 e. The molecule has 3 rings (SSSR count). The maximum atomic E-state index is 12.2.